The van der Waals surface area contributed by atoms with Gasteiger partial charge in [0.1, 0.15) is 42.0 Å². The molecule has 0 spiro atoms. The van der Waals surface area contributed by atoms with Gasteiger partial charge in [-0.15, -0.1) is 0 Å². The second-order valence-electron chi connectivity index (χ2n) is 23.8. The molecule has 2 heterocycles. The minimum absolute atomic E-state index is 0.0815. The van der Waals surface area contributed by atoms with E-state index in [-0.39, 0.29) is 54.7 Å². The Labute approximate surface area is 531 Å². The van der Waals surface area contributed by atoms with Gasteiger partial charge >= 0.3 is 6.09 Å². The molecule has 1 aliphatic heterocycles. The van der Waals surface area contributed by atoms with Crippen molar-refractivity contribution >= 4 is 80.4 Å². The number of nitrogens with one attached hydrogen (secondary N) is 5. The van der Waals surface area contributed by atoms with E-state index < -0.39 is 113 Å². The number of pyridine rings is 1. The highest BCUT2D eigenvalue weighted by molar-refractivity contribution is 8.76. The molecule has 2 aromatic carbocycles. The number of carbonyl (C=O) groups excluding carboxylic acids is 8. The maximum absolute atomic E-state index is 14.8. The summed E-state index contributed by atoms with van der Waals surface area (Å²) in [6.07, 6.45) is -0.0802. The SMILES string of the molecule is CC[C@H](C)[C@@H]([C@@H](CC(=O)N1CCCC1C(OC)[C@@H](C)C(=O)N[C@H](C)C(O)c1ccccc1)OC)N(C)C(=O)[C@@H](NC(=O)[C@H](C(C)C)N(C)C(=O)OCc1ccc(NC(=O)[C@H](C)NC(=O)[C@@H](NC(=O)CCSSc2ccc([N+](=O)[O-])cn2)C(C)C)cc1)C(C)C. The first-order chi connectivity index (χ1) is 42.1. The fourth-order valence-electron chi connectivity index (χ4n) is 10.8. The lowest BCUT2D eigenvalue weighted by molar-refractivity contribution is -0.385. The molecule has 24 nitrogen and oxygen atoms in total. The average molecular weight is 1280 g/mol. The molecule has 12 atom stereocenters. The third-order valence-corrected chi connectivity index (χ3v) is 18.4. The highest BCUT2D eigenvalue weighted by Gasteiger charge is 2.44. The van der Waals surface area contributed by atoms with Crippen LogP contribution in [0.5, 0.6) is 0 Å². The summed E-state index contributed by atoms with van der Waals surface area (Å²) >= 11 is 0. The fraction of sp³-hybridized carbons (Fsp3) is 0.603. The number of anilines is 1. The molecular weight excluding hydrogens is 1180 g/mol. The molecule has 6 N–H and O–H groups in total. The summed E-state index contributed by atoms with van der Waals surface area (Å²) in [5.74, 6) is -4.58. The Morgan fingerprint density at radius 3 is 1.99 bits per heavy atom. The Bertz CT molecular complexity index is 2820. The third kappa shape index (κ3) is 21.7. The predicted octanol–water partition coefficient (Wildman–Crippen LogP) is 7.30. The van der Waals surface area contributed by atoms with Gasteiger partial charge in [-0.2, -0.15) is 0 Å². The third-order valence-electron chi connectivity index (χ3n) is 16.2. The average Bonchev–Trinajstić information content (AvgIpc) is 3.09. The standard InChI is InChI=1S/C63H94N10O14S2/c1-16-39(8)55(48(85-14)33-51(75)72-31-20-23-47(72)57(86-15)40(9)58(77)65-41(10)56(76)44-21-18-17-19-22-44)70(12)62(81)53(37(4)5)69-61(80)54(38(6)7)71(13)63(82)87-35-43-24-26-45(27-25-43)67-59(78)42(11)66-60(79)52(36(2)3)68-49(74)30-32-88-89-50-29-28-46(34-64-50)73(83)84/h17-19,21-22,24-29,34,36-42,47-48,52-57,76H,16,20,23,30-33,35H2,1-15H3,(H,65,77)(H,66,79)(H,67,78)(H,68,74)(H,69,80)/t39-,40+,41+,42-,47?,48+,52-,53-,54-,55-,56?,57?/m0/s1. The van der Waals surface area contributed by atoms with Gasteiger partial charge in [-0.05, 0) is 90.5 Å². The van der Waals surface area contributed by atoms with Gasteiger partial charge in [-0.3, -0.25) is 48.6 Å². The maximum atomic E-state index is 14.8. The molecule has 1 saturated heterocycles. The smallest absolute Gasteiger partial charge is 0.410 e. The molecule has 89 heavy (non-hydrogen) atoms. The van der Waals surface area contributed by atoms with Crippen molar-refractivity contribution in [2.24, 2.45) is 29.6 Å². The molecule has 3 aromatic rings. The van der Waals surface area contributed by atoms with Crippen LogP contribution in [0.2, 0.25) is 0 Å². The van der Waals surface area contributed by atoms with Gasteiger partial charge in [0.05, 0.1) is 53.7 Å². The number of benzene rings is 2. The lowest BCUT2D eigenvalue weighted by atomic mass is 9.89. The number of likely N-dealkylation sites (N-methyl/N-ethyl adjacent to an activating group) is 2. The van der Waals surface area contributed by atoms with Gasteiger partial charge in [-0.1, -0.05) is 122 Å². The van der Waals surface area contributed by atoms with Crippen molar-refractivity contribution in [1.29, 1.82) is 0 Å². The zero-order valence-electron chi connectivity index (χ0n) is 54.1. The summed E-state index contributed by atoms with van der Waals surface area (Å²) < 4.78 is 17.7. The van der Waals surface area contributed by atoms with Crippen molar-refractivity contribution in [1.82, 2.24) is 41.0 Å². The van der Waals surface area contributed by atoms with Crippen LogP contribution < -0.4 is 26.6 Å². The van der Waals surface area contributed by atoms with Crippen LogP contribution in [0.15, 0.2) is 78.0 Å². The van der Waals surface area contributed by atoms with Crippen LogP contribution in [-0.2, 0) is 54.4 Å². The Morgan fingerprint density at radius 1 is 0.775 bits per heavy atom. The maximum Gasteiger partial charge on any atom is 0.410 e. The first-order valence-electron chi connectivity index (χ1n) is 30.3. The summed E-state index contributed by atoms with van der Waals surface area (Å²) in [5.41, 5.74) is 1.50. The minimum Gasteiger partial charge on any atom is -0.445 e. The van der Waals surface area contributed by atoms with Crippen LogP contribution in [0.3, 0.4) is 0 Å². The zero-order chi connectivity index (χ0) is 66.4. The molecule has 1 fully saturated rings. The number of aliphatic hydroxyl groups excluding tert-OH is 1. The Balaban J connectivity index is 1.32. The van der Waals surface area contributed by atoms with E-state index in [1.807, 2.05) is 32.0 Å². The number of hydrogen-bond acceptors (Lipinski definition) is 17. The van der Waals surface area contributed by atoms with Crippen LogP contribution in [0, 0.1) is 39.7 Å². The number of likely N-dealkylation sites (tertiary alicyclic amines) is 1. The van der Waals surface area contributed by atoms with Crippen LogP contribution in [0.4, 0.5) is 16.2 Å². The van der Waals surface area contributed by atoms with Crippen molar-refractivity contribution in [3.05, 3.63) is 94.2 Å². The van der Waals surface area contributed by atoms with Crippen LogP contribution in [0.25, 0.3) is 0 Å². The molecule has 0 radical (unpaired) electrons. The quantitative estimate of drug-likeness (QED) is 0.0148. The number of ether oxygens (including phenoxy) is 3. The van der Waals surface area contributed by atoms with Crippen molar-refractivity contribution in [3.8, 4) is 0 Å². The molecule has 26 heteroatoms. The van der Waals surface area contributed by atoms with Gasteiger partial charge in [0.15, 0.2) is 0 Å². The molecule has 4 rings (SSSR count). The topological polar surface area (TPSA) is 310 Å². The molecule has 0 aliphatic carbocycles. The fourth-order valence-corrected chi connectivity index (χ4v) is 12.6. The van der Waals surface area contributed by atoms with Gasteiger partial charge in [0, 0.05) is 58.8 Å². The predicted molar refractivity (Wildman–Crippen MR) is 342 cm³/mol. The molecule has 0 bridgehead atoms. The lowest BCUT2D eigenvalue weighted by Gasteiger charge is -2.41. The number of aromatic nitrogens is 1. The highest BCUT2D eigenvalue weighted by Crippen LogP contribution is 2.32. The number of nitrogens with zero attached hydrogens (tertiary/aromatic N) is 5. The molecule has 1 aliphatic rings. The molecule has 3 unspecified atom stereocenters. The number of carbonyl (C=O) groups is 8. The number of hydrogen-bond donors (Lipinski definition) is 6. The van der Waals surface area contributed by atoms with Crippen molar-refractivity contribution < 1.29 is 62.6 Å². The van der Waals surface area contributed by atoms with E-state index in [2.05, 4.69) is 31.6 Å². The summed E-state index contributed by atoms with van der Waals surface area (Å²) in [5, 5.41) is 36.4. The number of rotatable bonds is 34. The Morgan fingerprint density at radius 2 is 1.43 bits per heavy atom. The number of amides is 8. The first-order valence-corrected chi connectivity index (χ1v) is 32.6. The number of nitro groups is 1. The zero-order valence-corrected chi connectivity index (χ0v) is 55.7. The molecule has 1 aromatic heterocycles. The summed E-state index contributed by atoms with van der Waals surface area (Å²) in [4.78, 5) is 129. The second kappa shape index (κ2) is 36.1. The minimum atomic E-state index is -1.06. The normalized spacial score (nSPS) is 16.9. The van der Waals surface area contributed by atoms with Gasteiger partial charge in [-0.25, -0.2) is 9.78 Å². The highest BCUT2D eigenvalue weighted by atomic mass is 33.1. The lowest BCUT2D eigenvalue weighted by Crippen LogP contribution is -2.60. The van der Waals surface area contributed by atoms with Crippen LogP contribution in [-0.4, -0.2) is 172 Å². The Hall–Kier alpha value is -6.87. The van der Waals surface area contributed by atoms with Gasteiger partial charge in [0.2, 0.25) is 41.4 Å². The molecule has 0 saturated carbocycles. The van der Waals surface area contributed by atoms with E-state index in [9.17, 15) is 53.6 Å². The van der Waals surface area contributed by atoms with E-state index in [0.717, 1.165) is 6.20 Å². The van der Waals surface area contributed by atoms with Crippen molar-refractivity contribution in [2.75, 3.05) is 45.9 Å². The van der Waals surface area contributed by atoms with Crippen LogP contribution in [0.1, 0.15) is 125 Å². The molecule has 492 valence electrons. The number of methoxy groups -OCH3 is 2. The summed E-state index contributed by atoms with van der Waals surface area (Å²) in [6, 6.07) is 12.8. The van der Waals surface area contributed by atoms with E-state index in [1.54, 1.807) is 109 Å². The number of aliphatic hydroxyl groups is 1. The van der Waals surface area contributed by atoms with Crippen molar-refractivity contribution in [2.45, 2.75) is 181 Å². The monoisotopic (exact) mass is 1280 g/mol. The van der Waals surface area contributed by atoms with Gasteiger partial charge in [0.25, 0.3) is 5.69 Å². The summed E-state index contributed by atoms with van der Waals surface area (Å²) in [7, 11) is 8.70. The Kier molecular flexibility index (Phi) is 30.3. The van der Waals surface area contributed by atoms with E-state index >= 15 is 0 Å². The van der Waals surface area contributed by atoms with Crippen molar-refractivity contribution in [3.63, 3.8) is 0 Å². The van der Waals surface area contributed by atoms with E-state index in [4.69, 9.17) is 14.2 Å². The van der Waals surface area contributed by atoms with E-state index in [0.29, 0.717) is 53.4 Å². The largest absolute Gasteiger partial charge is 0.445 e. The first kappa shape index (κ1) is 74.6. The van der Waals surface area contributed by atoms with Crippen LogP contribution >= 0.6 is 21.6 Å². The summed E-state index contributed by atoms with van der Waals surface area (Å²) in [6.45, 7) is 19.9. The molecule has 8 amide bonds. The second-order valence-corrected chi connectivity index (χ2v) is 26.2. The molecular formula is C63H94N10O14S2. The van der Waals surface area contributed by atoms with E-state index in [1.165, 1.54) is 66.8 Å². The van der Waals surface area contributed by atoms with Gasteiger partial charge < -0.3 is 55.7 Å².